The van der Waals surface area contributed by atoms with Gasteiger partial charge in [0.1, 0.15) is 0 Å². The summed E-state index contributed by atoms with van der Waals surface area (Å²) >= 11 is 0. The van der Waals surface area contributed by atoms with Crippen LogP contribution >= 0.6 is 0 Å². The summed E-state index contributed by atoms with van der Waals surface area (Å²) in [6.07, 6.45) is 1.31. The predicted octanol–water partition coefficient (Wildman–Crippen LogP) is 1.52. The number of carbonyl (C=O) groups excluding carboxylic acids is 1. The highest BCUT2D eigenvalue weighted by Gasteiger charge is 2.31. The highest BCUT2D eigenvalue weighted by Crippen LogP contribution is 2.21. The van der Waals surface area contributed by atoms with Crippen LogP contribution in [-0.4, -0.2) is 62.3 Å². The van der Waals surface area contributed by atoms with Crippen molar-refractivity contribution in [1.82, 2.24) is 9.21 Å². The first-order valence-electron chi connectivity index (χ1n) is 6.22. The van der Waals surface area contributed by atoms with Crippen molar-refractivity contribution in [3.05, 3.63) is 0 Å². The number of hydrogen-bond donors (Lipinski definition) is 0. The quantitative estimate of drug-likeness (QED) is 0.745. The molecule has 0 rings (SSSR count). The Balaban J connectivity index is 4.81. The number of nitrogens with zero attached hydrogens (tertiary/aromatic N) is 2. The SMILES string of the molecule is COC(=O)N(CCC(C)(C)N(C)S(C)(=O)=O)C(C)C. The normalized spacial score (nSPS) is 12.9. The molecule has 7 heteroatoms. The van der Waals surface area contributed by atoms with E-state index in [-0.39, 0.29) is 6.04 Å². The molecule has 0 aliphatic heterocycles. The summed E-state index contributed by atoms with van der Waals surface area (Å²) in [6, 6.07) is 0.00629. The third-order valence-electron chi connectivity index (χ3n) is 3.35. The lowest BCUT2D eigenvalue weighted by molar-refractivity contribution is 0.103. The van der Waals surface area contributed by atoms with Gasteiger partial charge in [0.05, 0.1) is 13.4 Å². The van der Waals surface area contributed by atoms with Gasteiger partial charge < -0.3 is 9.64 Å². The molecule has 114 valence electrons. The van der Waals surface area contributed by atoms with Gasteiger partial charge in [0.25, 0.3) is 0 Å². The van der Waals surface area contributed by atoms with Crippen molar-refractivity contribution in [2.45, 2.75) is 45.7 Å². The molecule has 0 aliphatic carbocycles. The molecule has 0 atom stereocenters. The van der Waals surface area contributed by atoms with Gasteiger partial charge in [-0.1, -0.05) is 0 Å². The zero-order valence-electron chi connectivity index (χ0n) is 12.9. The number of amides is 1. The van der Waals surface area contributed by atoms with E-state index in [1.165, 1.54) is 17.7 Å². The summed E-state index contributed by atoms with van der Waals surface area (Å²) < 4.78 is 29.2. The van der Waals surface area contributed by atoms with E-state index in [9.17, 15) is 13.2 Å². The standard InChI is InChI=1S/C12H26N2O4S/c1-10(2)14(11(15)18-6)9-8-12(3,4)13(5)19(7,16)17/h10H,8-9H2,1-7H3. The highest BCUT2D eigenvalue weighted by molar-refractivity contribution is 7.88. The van der Waals surface area contributed by atoms with Crippen LogP contribution in [0.5, 0.6) is 0 Å². The van der Waals surface area contributed by atoms with E-state index in [1.54, 1.807) is 11.9 Å². The molecule has 6 nitrogen and oxygen atoms in total. The number of hydrogen-bond acceptors (Lipinski definition) is 4. The Kier molecular flexibility index (Phi) is 6.28. The lowest BCUT2D eigenvalue weighted by atomic mass is 10.0. The topological polar surface area (TPSA) is 66.9 Å². The van der Waals surface area contributed by atoms with Crippen molar-refractivity contribution >= 4 is 16.1 Å². The van der Waals surface area contributed by atoms with Crippen molar-refractivity contribution in [3.8, 4) is 0 Å². The molecule has 0 fully saturated rings. The zero-order chi connectivity index (χ0) is 15.4. The van der Waals surface area contributed by atoms with Gasteiger partial charge in [-0.2, -0.15) is 4.31 Å². The van der Waals surface area contributed by atoms with Gasteiger partial charge in [0.2, 0.25) is 10.0 Å². The molecular formula is C12H26N2O4S. The minimum atomic E-state index is -3.26. The van der Waals surface area contributed by atoms with Crippen molar-refractivity contribution in [2.24, 2.45) is 0 Å². The molecule has 0 aromatic carbocycles. The van der Waals surface area contributed by atoms with Gasteiger partial charge in [-0.05, 0) is 34.1 Å². The molecule has 0 bridgehead atoms. The van der Waals surface area contributed by atoms with E-state index >= 15 is 0 Å². The van der Waals surface area contributed by atoms with Crippen LogP contribution in [0.2, 0.25) is 0 Å². The zero-order valence-corrected chi connectivity index (χ0v) is 13.7. The molecule has 1 amide bonds. The smallest absolute Gasteiger partial charge is 0.409 e. The number of rotatable bonds is 6. The third kappa shape index (κ3) is 5.36. The minimum absolute atomic E-state index is 0.00629. The fraction of sp³-hybridized carbons (Fsp3) is 0.917. The van der Waals surface area contributed by atoms with E-state index in [0.717, 1.165) is 0 Å². The average molecular weight is 294 g/mol. The number of ether oxygens (including phenoxy) is 1. The second-order valence-electron chi connectivity index (χ2n) is 5.55. The first-order chi connectivity index (χ1) is 8.43. The van der Waals surface area contributed by atoms with Gasteiger partial charge in [-0.3, -0.25) is 0 Å². The van der Waals surface area contributed by atoms with Crippen LogP contribution in [-0.2, 0) is 14.8 Å². The molecule has 19 heavy (non-hydrogen) atoms. The third-order valence-corrected chi connectivity index (χ3v) is 4.84. The summed E-state index contributed by atoms with van der Waals surface area (Å²) in [7, 11) is -0.368. The van der Waals surface area contributed by atoms with Crippen LogP contribution in [0, 0.1) is 0 Å². The Morgan fingerprint density at radius 1 is 1.32 bits per heavy atom. The molecule has 0 saturated carbocycles. The monoisotopic (exact) mass is 294 g/mol. The number of sulfonamides is 1. The molecule has 0 unspecified atom stereocenters. The molecule has 0 aromatic heterocycles. The molecule has 0 N–H and O–H groups in total. The van der Waals surface area contributed by atoms with Gasteiger partial charge in [-0.15, -0.1) is 0 Å². The maximum atomic E-state index is 11.6. The van der Waals surface area contributed by atoms with Crippen LogP contribution in [0.4, 0.5) is 4.79 Å². The van der Waals surface area contributed by atoms with Crippen molar-refractivity contribution in [3.63, 3.8) is 0 Å². The van der Waals surface area contributed by atoms with Crippen LogP contribution in [0.3, 0.4) is 0 Å². The molecule has 0 heterocycles. The van der Waals surface area contributed by atoms with E-state index < -0.39 is 21.7 Å². The molecule has 0 saturated heterocycles. The van der Waals surface area contributed by atoms with Crippen LogP contribution in [0.1, 0.15) is 34.1 Å². The summed E-state index contributed by atoms with van der Waals surface area (Å²) in [5.41, 5.74) is -0.561. The van der Waals surface area contributed by atoms with Gasteiger partial charge >= 0.3 is 6.09 Å². The summed E-state index contributed by atoms with van der Waals surface area (Å²) in [5.74, 6) is 0. The summed E-state index contributed by atoms with van der Waals surface area (Å²) in [5, 5.41) is 0. The molecule has 0 radical (unpaired) electrons. The molecule has 0 aliphatic rings. The Morgan fingerprint density at radius 2 is 1.79 bits per heavy atom. The Bertz CT molecular complexity index is 404. The van der Waals surface area contributed by atoms with Gasteiger partial charge in [0, 0.05) is 25.2 Å². The Hall–Kier alpha value is -0.820. The van der Waals surface area contributed by atoms with Crippen molar-refractivity contribution in [2.75, 3.05) is 27.0 Å². The summed E-state index contributed by atoms with van der Waals surface area (Å²) in [6.45, 7) is 7.90. The minimum Gasteiger partial charge on any atom is -0.453 e. The number of carbonyl (C=O) groups is 1. The fourth-order valence-corrected chi connectivity index (χ4v) is 2.67. The summed E-state index contributed by atoms with van der Waals surface area (Å²) in [4.78, 5) is 13.2. The Labute approximate surface area is 116 Å². The lowest BCUT2D eigenvalue weighted by Crippen LogP contribution is -2.48. The number of methoxy groups -OCH3 is 1. The van der Waals surface area contributed by atoms with E-state index in [2.05, 4.69) is 0 Å². The molecule has 0 spiro atoms. The Morgan fingerprint density at radius 3 is 2.11 bits per heavy atom. The largest absolute Gasteiger partial charge is 0.453 e. The van der Waals surface area contributed by atoms with Crippen molar-refractivity contribution < 1.29 is 17.9 Å². The average Bonchev–Trinajstić information content (AvgIpc) is 2.25. The molecular weight excluding hydrogens is 268 g/mol. The second-order valence-corrected chi connectivity index (χ2v) is 7.56. The van der Waals surface area contributed by atoms with Crippen LogP contribution in [0.15, 0.2) is 0 Å². The van der Waals surface area contributed by atoms with Crippen LogP contribution < -0.4 is 0 Å². The lowest BCUT2D eigenvalue weighted by Gasteiger charge is -2.36. The van der Waals surface area contributed by atoms with Crippen molar-refractivity contribution in [1.29, 1.82) is 0 Å². The maximum Gasteiger partial charge on any atom is 0.409 e. The highest BCUT2D eigenvalue weighted by atomic mass is 32.2. The van der Waals surface area contributed by atoms with E-state index in [1.807, 2.05) is 27.7 Å². The first kappa shape index (κ1) is 18.2. The first-order valence-corrected chi connectivity index (χ1v) is 8.07. The van der Waals surface area contributed by atoms with Gasteiger partial charge in [-0.25, -0.2) is 13.2 Å². The second kappa shape index (κ2) is 6.56. The fourth-order valence-electron chi connectivity index (χ4n) is 1.68. The van der Waals surface area contributed by atoms with E-state index in [0.29, 0.717) is 13.0 Å². The maximum absolute atomic E-state index is 11.6. The van der Waals surface area contributed by atoms with Crippen LogP contribution in [0.25, 0.3) is 0 Å². The predicted molar refractivity (Wildman–Crippen MR) is 75.5 cm³/mol. The van der Waals surface area contributed by atoms with Gasteiger partial charge in [0.15, 0.2) is 0 Å². The van der Waals surface area contributed by atoms with E-state index in [4.69, 9.17) is 4.74 Å². The molecule has 0 aromatic rings.